The van der Waals surface area contributed by atoms with Crippen LogP contribution < -0.4 is 4.74 Å². The smallest absolute Gasteiger partial charge is 0.358 e. The number of fused-ring (bicyclic) bond motifs is 3. The number of methoxy groups -OCH3 is 1. The van der Waals surface area contributed by atoms with Crippen molar-refractivity contribution < 1.29 is 19.2 Å². The number of carboxylic acid groups (broad SMARTS) is 1. The lowest BCUT2D eigenvalue weighted by Crippen LogP contribution is -2.06. The van der Waals surface area contributed by atoms with Gasteiger partial charge >= 0.3 is 5.97 Å². The summed E-state index contributed by atoms with van der Waals surface area (Å²) in [4.78, 5) is 11.1. The highest BCUT2D eigenvalue weighted by Gasteiger charge is 2.28. The summed E-state index contributed by atoms with van der Waals surface area (Å²) in [6, 6.07) is 5.66. The molecule has 0 saturated carbocycles. The van der Waals surface area contributed by atoms with E-state index in [0.29, 0.717) is 23.5 Å². The molecule has 0 atom stereocenters. The number of ether oxygens (including phenoxy) is 1. The first-order valence-electron chi connectivity index (χ1n) is 5.60. The van der Waals surface area contributed by atoms with E-state index < -0.39 is 5.97 Å². The zero-order valence-electron chi connectivity index (χ0n) is 9.77. The van der Waals surface area contributed by atoms with Crippen molar-refractivity contribution >= 4 is 5.97 Å². The highest BCUT2D eigenvalue weighted by atomic mass is 16.5. The fourth-order valence-corrected chi connectivity index (χ4v) is 2.30. The summed E-state index contributed by atoms with van der Waals surface area (Å²) in [6.07, 6.45) is 1.50. The van der Waals surface area contributed by atoms with Crippen LogP contribution in [0.5, 0.6) is 5.75 Å². The van der Waals surface area contributed by atoms with E-state index in [0.717, 1.165) is 17.5 Å². The SMILES string of the molecule is COc1ccc2c(c1)-c1c(C(=O)O)noc1CC2. The number of carbonyl (C=O) groups is 1. The Kier molecular flexibility index (Phi) is 2.33. The van der Waals surface area contributed by atoms with Crippen LogP contribution in [0.3, 0.4) is 0 Å². The van der Waals surface area contributed by atoms with Crippen LogP contribution in [0.1, 0.15) is 21.8 Å². The van der Waals surface area contributed by atoms with Gasteiger partial charge in [0, 0.05) is 6.42 Å². The minimum absolute atomic E-state index is 0.0285. The first-order valence-corrected chi connectivity index (χ1v) is 5.60. The third-order valence-electron chi connectivity index (χ3n) is 3.17. The van der Waals surface area contributed by atoms with Crippen molar-refractivity contribution in [1.82, 2.24) is 5.16 Å². The van der Waals surface area contributed by atoms with E-state index in [2.05, 4.69) is 5.16 Å². The highest BCUT2D eigenvalue weighted by Crippen LogP contribution is 2.37. The molecule has 0 bridgehead atoms. The summed E-state index contributed by atoms with van der Waals surface area (Å²) >= 11 is 0. The number of benzene rings is 1. The van der Waals surface area contributed by atoms with E-state index in [9.17, 15) is 4.79 Å². The normalized spacial score (nSPS) is 12.7. The monoisotopic (exact) mass is 245 g/mol. The van der Waals surface area contributed by atoms with Crippen molar-refractivity contribution in [3.8, 4) is 16.9 Å². The number of nitrogens with zero attached hydrogens (tertiary/aromatic N) is 1. The van der Waals surface area contributed by atoms with Crippen LogP contribution in [-0.4, -0.2) is 23.3 Å². The van der Waals surface area contributed by atoms with Crippen LogP contribution >= 0.6 is 0 Å². The molecule has 0 radical (unpaired) electrons. The molecular formula is C13H11NO4. The molecule has 0 amide bonds. The van der Waals surface area contributed by atoms with Gasteiger partial charge in [-0.25, -0.2) is 4.79 Å². The van der Waals surface area contributed by atoms with Crippen molar-refractivity contribution in [3.63, 3.8) is 0 Å². The van der Waals surface area contributed by atoms with Gasteiger partial charge in [0.25, 0.3) is 0 Å². The number of hydrogen-bond acceptors (Lipinski definition) is 4. The van der Waals surface area contributed by atoms with E-state index in [1.807, 2.05) is 18.2 Å². The second-order valence-electron chi connectivity index (χ2n) is 4.16. The quantitative estimate of drug-likeness (QED) is 0.877. The van der Waals surface area contributed by atoms with Crippen molar-refractivity contribution in [2.24, 2.45) is 0 Å². The van der Waals surface area contributed by atoms with Crippen LogP contribution in [0.15, 0.2) is 22.7 Å². The fraction of sp³-hybridized carbons (Fsp3) is 0.231. The molecule has 0 saturated heterocycles. The lowest BCUT2D eigenvalue weighted by atomic mass is 9.88. The van der Waals surface area contributed by atoms with Gasteiger partial charge in [0.15, 0.2) is 5.69 Å². The van der Waals surface area contributed by atoms with Gasteiger partial charge in [-0.15, -0.1) is 0 Å². The van der Waals surface area contributed by atoms with Crippen LogP contribution in [0.4, 0.5) is 0 Å². The summed E-state index contributed by atoms with van der Waals surface area (Å²) in [5, 5.41) is 12.8. The standard InChI is InChI=1S/C13H11NO4/c1-17-8-4-2-7-3-5-10-11(9(7)6-8)12(13(15)16)14-18-10/h2,4,6H,3,5H2,1H3,(H,15,16). The molecule has 0 spiro atoms. The fourth-order valence-electron chi connectivity index (χ4n) is 2.30. The lowest BCUT2D eigenvalue weighted by molar-refractivity contribution is 0.0686. The van der Waals surface area contributed by atoms with E-state index in [1.54, 1.807) is 7.11 Å². The number of hydrogen-bond donors (Lipinski definition) is 1. The first kappa shape index (κ1) is 10.8. The maximum absolute atomic E-state index is 11.1. The Morgan fingerprint density at radius 3 is 3.00 bits per heavy atom. The minimum atomic E-state index is -1.07. The average molecular weight is 245 g/mol. The Morgan fingerprint density at radius 2 is 2.28 bits per heavy atom. The van der Waals surface area contributed by atoms with Gasteiger partial charge in [0.1, 0.15) is 11.5 Å². The number of aryl methyl sites for hydroxylation is 2. The van der Waals surface area contributed by atoms with Crippen LogP contribution in [-0.2, 0) is 12.8 Å². The van der Waals surface area contributed by atoms with Gasteiger partial charge in [0.2, 0.25) is 0 Å². The molecular weight excluding hydrogens is 234 g/mol. The zero-order chi connectivity index (χ0) is 12.7. The molecule has 0 aliphatic heterocycles. The largest absolute Gasteiger partial charge is 0.497 e. The molecule has 1 aromatic heterocycles. The van der Waals surface area contributed by atoms with E-state index in [1.165, 1.54) is 0 Å². The molecule has 1 heterocycles. The van der Waals surface area contributed by atoms with Crippen molar-refractivity contribution in [1.29, 1.82) is 0 Å². The maximum atomic E-state index is 11.1. The lowest BCUT2D eigenvalue weighted by Gasteiger charge is -2.15. The predicted molar refractivity (Wildman–Crippen MR) is 62.9 cm³/mol. The van der Waals surface area contributed by atoms with E-state index >= 15 is 0 Å². The molecule has 5 heteroatoms. The minimum Gasteiger partial charge on any atom is -0.497 e. The average Bonchev–Trinajstić information content (AvgIpc) is 2.82. The zero-order valence-corrected chi connectivity index (χ0v) is 9.77. The third kappa shape index (κ3) is 1.48. The summed E-state index contributed by atoms with van der Waals surface area (Å²) in [5.41, 5.74) is 2.49. The Balaban J connectivity index is 2.25. The second kappa shape index (κ2) is 3.87. The Hall–Kier alpha value is -2.30. The summed E-state index contributed by atoms with van der Waals surface area (Å²) in [7, 11) is 1.58. The van der Waals surface area contributed by atoms with Crippen molar-refractivity contribution in [3.05, 3.63) is 35.2 Å². The molecule has 0 unspecified atom stereocenters. The molecule has 2 aromatic rings. The van der Waals surface area contributed by atoms with Gasteiger partial charge in [-0.05, 0) is 29.7 Å². The highest BCUT2D eigenvalue weighted by molar-refractivity contribution is 5.95. The molecule has 1 aliphatic carbocycles. The molecule has 3 rings (SSSR count). The molecule has 92 valence electrons. The number of carboxylic acids is 1. The Morgan fingerprint density at radius 1 is 1.44 bits per heavy atom. The predicted octanol–water partition coefficient (Wildman–Crippen LogP) is 2.15. The number of aromatic nitrogens is 1. The molecule has 1 aromatic carbocycles. The molecule has 1 N–H and O–H groups in total. The van der Waals surface area contributed by atoms with Crippen LogP contribution in [0.25, 0.3) is 11.1 Å². The number of aromatic carboxylic acids is 1. The van der Waals surface area contributed by atoms with Gasteiger partial charge < -0.3 is 14.4 Å². The first-order chi connectivity index (χ1) is 8.70. The van der Waals surface area contributed by atoms with E-state index in [-0.39, 0.29) is 5.69 Å². The molecule has 5 nitrogen and oxygen atoms in total. The molecule has 1 aliphatic rings. The van der Waals surface area contributed by atoms with Gasteiger partial charge in [-0.1, -0.05) is 11.2 Å². The molecule has 18 heavy (non-hydrogen) atoms. The maximum Gasteiger partial charge on any atom is 0.358 e. The topological polar surface area (TPSA) is 72.6 Å². The summed E-state index contributed by atoms with van der Waals surface area (Å²) in [6.45, 7) is 0. The Bertz CT molecular complexity index is 630. The molecule has 0 fully saturated rings. The second-order valence-corrected chi connectivity index (χ2v) is 4.16. The van der Waals surface area contributed by atoms with Crippen molar-refractivity contribution in [2.45, 2.75) is 12.8 Å². The summed E-state index contributed by atoms with van der Waals surface area (Å²) in [5.74, 6) is 0.253. The van der Waals surface area contributed by atoms with E-state index in [4.69, 9.17) is 14.4 Å². The third-order valence-corrected chi connectivity index (χ3v) is 3.17. The van der Waals surface area contributed by atoms with Crippen molar-refractivity contribution in [2.75, 3.05) is 7.11 Å². The Labute approximate surface area is 103 Å². The summed E-state index contributed by atoms with van der Waals surface area (Å²) < 4.78 is 10.3. The van der Waals surface area contributed by atoms with Gasteiger partial charge in [0.05, 0.1) is 12.7 Å². The van der Waals surface area contributed by atoms with Gasteiger partial charge in [-0.2, -0.15) is 0 Å². The van der Waals surface area contributed by atoms with Crippen LogP contribution in [0.2, 0.25) is 0 Å². The van der Waals surface area contributed by atoms with Crippen LogP contribution in [0, 0.1) is 0 Å². The van der Waals surface area contributed by atoms with Gasteiger partial charge in [-0.3, -0.25) is 0 Å². The number of rotatable bonds is 2.